The standard InChI is InChI=1S/C23H29N5O2/c1-22(2,3)16-11-17(23(4,5)6)13-18(12-16)30-14-15-9-7-8-10-19(15)20(29)24-21-25-27-28-26-21/h7-13H,14H2,1-6H3,(H2,24,25,26,27,28,29). The van der Waals surface area contributed by atoms with Crippen LogP contribution < -0.4 is 10.1 Å². The Labute approximate surface area is 177 Å². The third kappa shape index (κ3) is 5.23. The Hall–Kier alpha value is -3.22. The maximum atomic E-state index is 12.6. The second-order valence-corrected chi connectivity index (χ2v) is 9.40. The van der Waals surface area contributed by atoms with E-state index in [1.807, 2.05) is 18.2 Å². The van der Waals surface area contributed by atoms with Crippen LogP contribution in [0.4, 0.5) is 5.95 Å². The van der Waals surface area contributed by atoms with Gasteiger partial charge >= 0.3 is 0 Å². The Kier molecular flexibility index (Phi) is 5.92. The fraction of sp³-hybridized carbons (Fsp3) is 0.391. The van der Waals surface area contributed by atoms with Gasteiger partial charge in [-0.15, -0.1) is 0 Å². The number of nitrogens with zero attached hydrogens (tertiary/aromatic N) is 3. The molecule has 2 aromatic carbocycles. The van der Waals surface area contributed by atoms with Crippen molar-refractivity contribution >= 4 is 11.9 Å². The summed E-state index contributed by atoms with van der Waals surface area (Å²) in [4.78, 5) is 12.6. The van der Waals surface area contributed by atoms with Crippen LogP contribution in [0.3, 0.4) is 0 Å². The number of nitrogens with one attached hydrogen (secondary N) is 2. The molecule has 0 saturated heterocycles. The van der Waals surface area contributed by atoms with E-state index in [2.05, 4.69) is 85.7 Å². The Morgan fingerprint density at radius 1 is 1.00 bits per heavy atom. The van der Waals surface area contributed by atoms with Gasteiger partial charge in [0.1, 0.15) is 12.4 Å². The van der Waals surface area contributed by atoms with Crippen molar-refractivity contribution in [3.63, 3.8) is 0 Å². The molecule has 1 amide bonds. The quantitative estimate of drug-likeness (QED) is 0.643. The molecule has 7 nitrogen and oxygen atoms in total. The average Bonchev–Trinajstić information content (AvgIpc) is 3.18. The molecule has 158 valence electrons. The first kappa shape index (κ1) is 21.5. The molecule has 7 heteroatoms. The number of amides is 1. The number of tetrazole rings is 1. The lowest BCUT2D eigenvalue weighted by Crippen LogP contribution is -2.17. The smallest absolute Gasteiger partial charge is 0.258 e. The van der Waals surface area contributed by atoms with Gasteiger partial charge in [0, 0.05) is 11.1 Å². The summed E-state index contributed by atoms with van der Waals surface area (Å²) in [5.41, 5.74) is 3.73. The number of hydrogen-bond acceptors (Lipinski definition) is 5. The Morgan fingerprint density at radius 2 is 1.63 bits per heavy atom. The largest absolute Gasteiger partial charge is 0.489 e. The maximum absolute atomic E-state index is 12.6. The van der Waals surface area contributed by atoms with E-state index < -0.39 is 0 Å². The van der Waals surface area contributed by atoms with Gasteiger partial charge in [0.05, 0.1) is 0 Å². The Balaban J connectivity index is 1.84. The first-order valence-corrected chi connectivity index (χ1v) is 9.96. The lowest BCUT2D eigenvalue weighted by molar-refractivity contribution is 0.102. The fourth-order valence-electron chi connectivity index (χ4n) is 2.96. The molecule has 2 N–H and O–H groups in total. The van der Waals surface area contributed by atoms with Gasteiger partial charge < -0.3 is 4.74 Å². The van der Waals surface area contributed by atoms with Crippen molar-refractivity contribution in [2.45, 2.75) is 59.0 Å². The van der Waals surface area contributed by atoms with E-state index in [0.29, 0.717) is 5.56 Å². The molecule has 3 rings (SSSR count). The molecular formula is C23H29N5O2. The van der Waals surface area contributed by atoms with Crippen LogP contribution in [0, 0.1) is 0 Å². The van der Waals surface area contributed by atoms with Crippen LogP contribution in [0.2, 0.25) is 0 Å². The van der Waals surface area contributed by atoms with E-state index in [0.717, 1.165) is 11.3 Å². The second-order valence-electron chi connectivity index (χ2n) is 9.40. The summed E-state index contributed by atoms with van der Waals surface area (Å²) < 4.78 is 6.16. The van der Waals surface area contributed by atoms with Gasteiger partial charge in [0.25, 0.3) is 5.91 Å². The van der Waals surface area contributed by atoms with Crippen molar-refractivity contribution in [1.29, 1.82) is 0 Å². The van der Waals surface area contributed by atoms with Crippen LogP contribution in [0.15, 0.2) is 42.5 Å². The van der Waals surface area contributed by atoms with Gasteiger partial charge in [-0.1, -0.05) is 70.9 Å². The van der Waals surface area contributed by atoms with Crippen molar-refractivity contribution < 1.29 is 9.53 Å². The summed E-state index contributed by atoms with van der Waals surface area (Å²) >= 11 is 0. The summed E-state index contributed by atoms with van der Waals surface area (Å²) in [5.74, 6) is 0.692. The number of anilines is 1. The van der Waals surface area contributed by atoms with Crippen LogP contribution in [0.5, 0.6) is 5.75 Å². The van der Waals surface area contributed by atoms with Crippen LogP contribution in [0.1, 0.15) is 68.6 Å². The monoisotopic (exact) mass is 407 g/mol. The number of aromatic amines is 1. The fourth-order valence-corrected chi connectivity index (χ4v) is 2.96. The van der Waals surface area contributed by atoms with Gasteiger partial charge in [0.15, 0.2) is 0 Å². The lowest BCUT2D eigenvalue weighted by atomic mass is 9.80. The number of ether oxygens (including phenoxy) is 1. The number of carbonyl (C=O) groups is 1. The highest BCUT2D eigenvalue weighted by Crippen LogP contribution is 2.33. The predicted octanol–water partition coefficient (Wildman–Crippen LogP) is 4.63. The summed E-state index contributed by atoms with van der Waals surface area (Å²) in [5, 5.41) is 15.8. The summed E-state index contributed by atoms with van der Waals surface area (Å²) in [7, 11) is 0. The zero-order valence-electron chi connectivity index (χ0n) is 18.4. The van der Waals surface area contributed by atoms with Gasteiger partial charge in [-0.25, -0.2) is 5.10 Å². The molecule has 0 aliphatic carbocycles. The second kappa shape index (κ2) is 8.26. The van der Waals surface area contributed by atoms with E-state index in [1.165, 1.54) is 11.1 Å². The molecule has 0 atom stereocenters. The average molecular weight is 408 g/mol. The van der Waals surface area contributed by atoms with E-state index in [1.54, 1.807) is 6.07 Å². The third-order valence-corrected chi connectivity index (χ3v) is 4.87. The molecule has 1 aromatic heterocycles. The SMILES string of the molecule is CC(C)(C)c1cc(OCc2ccccc2C(=O)Nc2nnn[nH]2)cc(C(C)(C)C)c1. The van der Waals surface area contributed by atoms with Crippen LogP contribution in [-0.2, 0) is 17.4 Å². The van der Waals surface area contributed by atoms with E-state index in [-0.39, 0.29) is 29.3 Å². The first-order chi connectivity index (χ1) is 14.0. The minimum Gasteiger partial charge on any atom is -0.489 e. The molecule has 0 fully saturated rings. The molecule has 30 heavy (non-hydrogen) atoms. The maximum Gasteiger partial charge on any atom is 0.258 e. The molecular weight excluding hydrogens is 378 g/mol. The molecule has 1 heterocycles. The van der Waals surface area contributed by atoms with Gasteiger partial charge in [-0.3, -0.25) is 10.1 Å². The van der Waals surface area contributed by atoms with E-state index in [4.69, 9.17) is 4.74 Å². The molecule has 0 spiro atoms. The van der Waals surface area contributed by atoms with Crippen molar-refractivity contribution in [1.82, 2.24) is 20.6 Å². The highest BCUT2D eigenvalue weighted by Gasteiger charge is 2.21. The highest BCUT2D eigenvalue weighted by molar-refractivity contribution is 6.04. The third-order valence-electron chi connectivity index (χ3n) is 4.87. The molecule has 3 aromatic rings. The molecule has 0 saturated carbocycles. The predicted molar refractivity (Wildman–Crippen MR) is 117 cm³/mol. The number of H-pyrrole nitrogens is 1. The zero-order valence-corrected chi connectivity index (χ0v) is 18.4. The molecule has 0 aliphatic heterocycles. The van der Waals surface area contributed by atoms with Crippen molar-refractivity contribution in [2.24, 2.45) is 0 Å². The molecule has 0 aliphatic rings. The van der Waals surface area contributed by atoms with E-state index >= 15 is 0 Å². The Morgan fingerprint density at radius 3 is 2.20 bits per heavy atom. The summed E-state index contributed by atoms with van der Waals surface area (Å²) in [6.07, 6.45) is 0. The first-order valence-electron chi connectivity index (χ1n) is 9.96. The number of rotatable bonds is 5. The zero-order chi connectivity index (χ0) is 21.9. The Bertz CT molecular complexity index is 983. The number of benzene rings is 2. The van der Waals surface area contributed by atoms with Gasteiger partial charge in [-0.05, 0) is 50.6 Å². The van der Waals surface area contributed by atoms with E-state index in [9.17, 15) is 4.79 Å². The highest BCUT2D eigenvalue weighted by atomic mass is 16.5. The van der Waals surface area contributed by atoms with Crippen molar-refractivity contribution in [3.8, 4) is 5.75 Å². The summed E-state index contributed by atoms with van der Waals surface area (Å²) in [6.45, 7) is 13.4. The molecule has 0 bridgehead atoms. The van der Waals surface area contributed by atoms with Crippen LogP contribution in [0.25, 0.3) is 0 Å². The van der Waals surface area contributed by atoms with Crippen molar-refractivity contribution in [3.05, 3.63) is 64.7 Å². The van der Waals surface area contributed by atoms with Gasteiger partial charge in [0.2, 0.25) is 5.95 Å². The molecule has 0 unspecified atom stereocenters. The van der Waals surface area contributed by atoms with Crippen molar-refractivity contribution in [2.75, 3.05) is 5.32 Å². The minimum absolute atomic E-state index is 0.00226. The van der Waals surface area contributed by atoms with Crippen LogP contribution in [-0.4, -0.2) is 26.5 Å². The molecule has 0 radical (unpaired) electrons. The lowest BCUT2D eigenvalue weighted by Gasteiger charge is -2.26. The normalized spacial score (nSPS) is 11.9. The van der Waals surface area contributed by atoms with Gasteiger partial charge in [-0.2, -0.15) is 0 Å². The number of hydrogen-bond donors (Lipinski definition) is 2. The number of carbonyl (C=O) groups excluding carboxylic acids is 1. The number of aromatic nitrogens is 4. The summed E-state index contributed by atoms with van der Waals surface area (Å²) in [6, 6.07) is 13.7. The van der Waals surface area contributed by atoms with Crippen LogP contribution >= 0.6 is 0 Å². The topological polar surface area (TPSA) is 92.8 Å². The minimum atomic E-state index is -0.299.